The normalized spacial score (nSPS) is 15.9. The third kappa shape index (κ3) is 2.86. The average molecular weight is 161 g/mol. The van der Waals surface area contributed by atoms with Crippen molar-refractivity contribution in [2.75, 3.05) is 0 Å². The van der Waals surface area contributed by atoms with Crippen molar-refractivity contribution in [2.24, 2.45) is 5.90 Å². The maximum atomic E-state index is 10.6. The third-order valence-corrected chi connectivity index (χ3v) is 1.72. The first-order chi connectivity index (χ1) is 5.06. The van der Waals surface area contributed by atoms with E-state index in [1.54, 1.807) is 0 Å². The van der Waals surface area contributed by atoms with Crippen molar-refractivity contribution in [3.05, 3.63) is 0 Å². The summed E-state index contributed by atoms with van der Waals surface area (Å²) in [5, 5.41) is 8.65. The monoisotopic (exact) mass is 161 g/mol. The van der Waals surface area contributed by atoms with Gasteiger partial charge < -0.3 is 5.11 Å². The fourth-order valence-corrected chi connectivity index (χ4v) is 0.730. The molecule has 0 rings (SSSR count). The van der Waals surface area contributed by atoms with E-state index >= 15 is 0 Å². The molecule has 0 fully saturated rings. The summed E-state index contributed by atoms with van der Waals surface area (Å²) in [6.07, 6.45) is 2.20. The molecule has 4 nitrogen and oxygen atoms in total. The van der Waals surface area contributed by atoms with E-state index in [1.807, 2.05) is 6.92 Å². The first-order valence-corrected chi connectivity index (χ1v) is 3.68. The van der Waals surface area contributed by atoms with Crippen molar-refractivity contribution in [1.82, 2.24) is 0 Å². The topological polar surface area (TPSA) is 72.5 Å². The predicted octanol–water partition coefficient (Wildman–Crippen LogP) is 0.910. The van der Waals surface area contributed by atoms with Crippen LogP contribution in [0.1, 0.15) is 33.1 Å². The SMILES string of the molecule is CCCCC(C)(ON)C(=O)O. The fourth-order valence-electron chi connectivity index (χ4n) is 0.730. The molecule has 1 unspecified atom stereocenters. The van der Waals surface area contributed by atoms with Gasteiger partial charge in [0.05, 0.1) is 0 Å². The molecule has 0 amide bonds. The zero-order chi connectivity index (χ0) is 8.91. The van der Waals surface area contributed by atoms with Gasteiger partial charge in [0.2, 0.25) is 0 Å². The lowest BCUT2D eigenvalue weighted by Gasteiger charge is -2.21. The molecule has 0 aliphatic carbocycles. The Hall–Kier alpha value is -0.610. The maximum Gasteiger partial charge on any atom is 0.337 e. The molecular formula is C7H15NO3. The second kappa shape index (κ2) is 4.31. The first-order valence-electron chi connectivity index (χ1n) is 3.68. The molecule has 0 spiro atoms. The van der Waals surface area contributed by atoms with Gasteiger partial charge >= 0.3 is 5.97 Å². The molecular weight excluding hydrogens is 146 g/mol. The summed E-state index contributed by atoms with van der Waals surface area (Å²) in [7, 11) is 0. The standard InChI is InChI=1S/C7H15NO3/c1-3-4-5-7(2,11-8)6(9)10/h3-5,8H2,1-2H3,(H,9,10). The Balaban J connectivity index is 3.99. The van der Waals surface area contributed by atoms with Crippen LogP contribution in [0.4, 0.5) is 0 Å². The van der Waals surface area contributed by atoms with E-state index in [2.05, 4.69) is 4.84 Å². The van der Waals surface area contributed by atoms with Crippen LogP contribution in [0.5, 0.6) is 0 Å². The summed E-state index contributed by atoms with van der Waals surface area (Å²) < 4.78 is 0. The van der Waals surface area contributed by atoms with Crippen LogP contribution in [0.25, 0.3) is 0 Å². The van der Waals surface area contributed by atoms with Crippen LogP contribution in [-0.2, 0) is 9.63 Å². The van der Waals surface area contributed by atoms with Gasteiger partial charge in [-0.3, -0.25) is 4.84 Å². The fraction of sp³-hybridized carbons (Fsp3) is 0.857. The van der Waals surface area contributed by atoms with Crippen molar-refractivity contribution in [3.63, 3.8) is 0 Å². The first kappa shape index (κ1) is 10.4. The molecule has 0 aliphatic heterocycles. The smallest absolute Gasteiger partial charge is 0.337 e. The molecule has 66 valence electrons. The van der Waals surface area contributed by atoms with E-state index < -0.39 is 11.6 Å². The Morgan fingerprint density at radius 1 is 1.73 bits per heavy atom. The molecule has 0 aromatic rings. The zero-order valence-corrected chi connectivity index (χ0v) is 6.96. The Kier molecular flexibility index (Phi) is 4.07. The Labute approximate surface area is 66.3 Å². The van der Waals surface area contributed by atoms with Crippen molar-refractivity contribution in [2.45, 2.75) is 38.7 Å². The van der Waals surface area contributed by atoms with Crippen LogP contribution < -0.4 is 5.90 Å². The van der Waals surface area contributed by atoms with Crippen molar-refractivity contribution >= 4 is 5.97 Å². The Morgan fingerprint density at radius 3 is 2.55 bits per heavy atom. The van der Waals surface area contributed by atoms with Gasteiger partial charge in [0.25, 0.3) is 0 Å². The molecule has 0 aromatic carbocycles. The second-order valence-electron chi connectivity index (χ2n) is 2.76. The number of rotatable bonds is 5. The van der Waals surface area contributed by atoms with Crippen molar-refractivity contribution in [1.29, 1.82) is 0 Å². The highest BCUT2D eigenvalue weighted by molar-refractivity contribution is 5.76. The third-order valence-electron chi connectivity index (χ3n) is 1.72. The van der Waals surface area contributed by atoms with Gasteiger partial charge in [-0.05, 0) is 13.3 Å². The van der Waals surface area contributed by atoms with Crippen LogP contribution in [0.3, 0.4) is 0 Å². The second-order valence-corrected chi connectivity index (χ2v) is 2.76. The van der Waals surface area contributed by atoms with Crippen LogP contribution in [0.2, 0.25) is 0 Å². The summed E-state index contributed by atoms with van der Waals surface area (Å²) in [6.45, 7) is 3.46. The lowest BCUT2D eigenvalue weighted by Crippen LogP contribution is -2.40. The summed E-state index contributed by atoms with van der Waals surface area (Å²) in [4.78, 5) is 15.0. The van der Waals surface area contributed by atoms with E-state index in [9.17, 15) is 4.79 Å². The molecule has 0 bridgehead atoms. The zero-order valence-electron chi connectivity index (χ0n) is 6.96. The van der Waals surface area contributed by atoms with Gasteiger partial charge in [-0.1, -0.05) is 19.8 Å². The molecule has 0 aromatic heterocycles. The minimum Gasteiger partial charge on any atom is -0.479 e. The van der Waals surface area contributed by atoms with Gasteiger partial charge in [0.1, 0.15) is 0 Å². The lowest BCUT2D eigenvalue weighted by molar-refractivity contribution is -0.165. The molecule has 0 aliphatic rings. The van der Waals surface area contributed by atoms with Crippen LogP contribution in [-0.4, -0.2) is 16.7 Å². The number of carbonyl (C=O) groups is 1. The van der Waals surface area contributed by atoms with Crippen LogP contribution >= 0.6 is 0 Å². The van der Waals surface area contributed by atoms with Gasteiger partial charge in [-0.15, -0.1) is 0 Å². The largest absolute Gasteiger partial charge is 0.479 e. The molecule has 0 saturated carbocycles. The molecule has 11 heavy (non-hydrogen) atoms. The summed E-state index contributed by atoms with van der Waals surface area (Å²) >= 11 is 0. The number of hydrogen-bond acceptors (Lipinski definition) is 3. The number of carboxylic acid groups (broad SMARTS) is 1. The predicted molar refractivity (Wildman–Crippen MR) is 40.8 cm³/mol. The van der Waals surface area contributed by atoms with Crippen LogP contribution in [0, 0.1) is 0 Å². The molecule has 0 heterocycles. The van der Waals surface area contributed by atoms with E-state index in [1.165, 1.54) is 6.92 Å². The van der Waals surface area contributed by atoms with Crippen molar-refractivity contribution < 1.29 is 14.7 Å². The molecule has 3 N–H and O–H groups in total. The lowest BCUT2D eigenvalue weighted by atomic mass is 10.00. The molecule has 0 radical (unpaired) electrons. The van der Waals surface area contributed by atoms with Crippen LogP contribution in [0.15, 0.2) is 0 Å². The minimum absolute atomic E-state index is 0.454. The van der Waals surface area contributed by atoms with Gasteiger partial charge in [0, 0.05) is 0 Å². The average Bonchev–Trinajstić information content (AvgIpc) is 2.00. The summed E-state index contributed by atoms with van der Waals surface area (Å²) in [5.74, 6) is 3.86. The van der Waals surface area contributed by atoms with Gasteiger partial charge in [0.15, 0.2) is 5.60 Å². The molecule has 4 heteroatoms. The maximum absolute atomic E-state index is 10.6. The Morgan fingerprint density at radius 2 is 2.27 bits per heavy atom. The molecule has 1 atom stereocenters. The number of carboxylic acids is 1. The summed E-state index contributed by atoms with van der Waals surface area (Å²) in [5.41, 5.74) is -1.21. The number of aliphatic carboxylic acids is 1. The number of unbranched alkanes of at least 4 members (excludes halogenated alkanes) is 1. The van der Waals surface area contributed by atoms with E-state index in [4.69, 9.17) is 11.0 Å². The number of hydrogen-bond donors (Lipinski definition) is 2. The summed E-state index contributed by atoms with van der Waals surface area (Å²) in [6, 6.07) is 0. The molecule has 0 saturated heterocycles. The quantitative estimate of drug-likeness (QED) is 0.588. The Bertz CT molecular complexity index is 138. The van der Waals surface area contributed by atoms with Crippen molar-refractivity contribution in [3.8, 4) is 0 Å². The number of nitrogens with two attached hydrogens (primary N) is 1. The highest BCUT2D eigenvalue weighted by Gasteiger charge is 2.32. The van der Waals surface area contributed by atoms with E-state index in [0.29, 0.717) is 6.42 Å². The minimum atomic E-state index is -1.21. The highest BCUT2D eigenvalue weighted by atomic mass is 16.6. The highest BCUT2D eigenvalue weighted by Crippen LogP contribution is 2.16. The van der Waals surface area contributed by atoms with Gasteiger partial charge in [-0.2, -0.15) is 0 Å². The van der Waals surface area contributed by atoms with E-state index in [0.717, 1.165) is 12.8 Å². The van der Waals surface area contributed by atoms with Gasteiger partial charge in [-0.25, -0.2) is 10.7 Å². The van der Waals surface area contributed by atoms with E-state index in [-0.39, 0.29) is 0 Å².